The predicted molar refractivity (Wildman–Crippen MR) is 172 cm³/mol. The molecule has 4 amide bonds. The maximum Gasteiger partial charge on any atom is 0.247 e. The monoisotopic (exact) mass is 610 g/mol. The van der Waals surface area contributed by atoms with Gasteiger partial charge in [-0.3, -0.25) is 29.6 Å². The average molecular weight is 611 g/mol. The van der Waals surface area contributed by atoms with Gasteiger partial charge in [-0.1, -0.05) is 67.0 Å². The van der Waals surface area contributed by atoms with E-state index in [0.717, 1.165) is 19.3 Å². The van der Waals surface area contributed by atoms with Crippen molar-refractivity contribution in [1.82, 2.24) is 21.6 Å². The normalized spacial score (nSPS) is 15.2. The summed E-state index contributed by atoms with van der Waals surface area (Å²) in [6.07, 6.45) is 7.90. The Balaban J connectivity index is 0. The van der Waals surface area contributed by atoms with E-state index in [1.54, 1.807) is 23.1 Å². The first kappa shape index (κ1) is 42.4. The van der Waals surface area contributed by atoms with Crippen molar-refractivity contribution in [3.05, 3.63) is 25.3 Å². The van der Waals surface area contributed by atoms with E-state index in [2.05, 4.69) is 44.6 Å². The van der Waals surface area contributed by atoms with Crippen LogP contribution in [-0.4, -0.2) is 46.1 Å². The Labute approximate surface area is 260 Å². The van der Waals surface area contributed by atoms with E-state index in [9.17, 15) is 19.2 Å². The molecule has 0 aliphatic carbocycles. The molecule has 0 saturated heterocycles. The van der Waals surface area contributed by atoms with Crippen molar-refractivity contribution in [2.75, 3.05) is 0 Å². The maximum absolute atomic E-state index is 12.6. The quantitative estimate of drug-likeness (QED) is 0.0603. The zero-order chi connectivity index (χ0) is 33.7. The van der Waals surface area contributed by atoms with Gasteiger partial charge in [-0.15, -0.1) is 13.2 Å². The molecule has 0 saturated carbocycles. The number of carbonyl (C=O) groups excluding carboxylic acids is 4. The minimum absolute atomic E-state index is 0.0590. The van der Waals surface area contributed by atoms with Gasteiger partial charge >= 0.3 is 0 Å². The van der Waals surface area contributed by atoms with Crippen molar-refractivity contribution in [3.63, 3.8) is 0 Å². The fourth-order valence-corrected chi connectivity index (χ4v) is 5.33. The molecule has 0 aromatic rings. The van der Waals surface area contributed by atoms with Crippen LogP contribution in [0, 0.1) is 41.4 Å². The van der Waals surface area contributed by atoms with Crippen LogP contribution < -0.4 is 21.6 Å². The van der Waals surface area contributed by atoms with Crippen LogP contribution in [0.25, 0.3) is 0 Å². The van der Waals surface area contributed by atoms with E-state index >= 15 is 0 Å². The zero-order valence-electron chi connectivity index (χ0n) is 28.2. The fourth-order valence-electron chi connectivity index (χ4n) is 5.33. The highest BCUT2D eigenvalue weighted by Crippen LogP contribution is 2.26. The molecule has 0 aliphatic rings. The van der Waals surface area contributed by atoms with E-state index in [1.807, 2.05) is 41.5 Å². The second kappa shape index (κ2) is 23.7. The lowest BCUT2D eigenvalue weighted by atomic mass is 9.82. The minimum atomic E-state index is -0.601. The van der Waals surface area contributed by atoms with Crippen molar-refractivity contribution >= 4 is 23.6 Å². The molecule has 6 atom stereocenters. The molecule has 0 unspecified atom stereocenters. The lowest BCUT2D eigenvalue weighted by Crippen LogP contribution is -2.44. The second-order valence-electron chi connectivity index (χ2n) is 12.9. The van der Waals surface area contributed by atoms with E-state index < -0.39 is 35.5 Å². The second-order valence-corrected chi connectivity index (χ2v) is 12.9. The smallest absolute Gasteiger partial charge is 0.247 e. The summed E-state index contributed by atoms with van der Waals surface area (Å²) < 4.78 is 0. The van der Waals surface area contributed by atoms with Crippen LogP contribution in [0.3, 0.4) is 0 Å². The van der Waals surface area contributed by atoms with Gasteiger partial charge in [0.1, 0.15) is 0 Å². The number of amides is 4. The summed E-state index contributed by atoms with van der Waals surface area (Å²) in [4.78, 5) is 48.8. The third-order valence-electron chi connectivity index (χ3n) is 7.15. The lowest BCUT2D eigenvalue weighted by molar-refractivity contribution is -0.141. The molecule has 250 valence electrons. The van der Waals surface area contributed by atoms with Crippen LogP contribution in [0.2, 0.25) is 0 Å². The number of nitrogens with one attached hydrogen (secondary N) is 4. The standard InChI is InChI=1S/C17H32N2O3.C16H30N2O3/c1-7-8-14(17(21)19-22)15(10-12(4)5)16(20)18-13(6)9-11(2)3;1-6-8-12(5)17-15(19)14(10-11(3)4)13(9-7-2)16(20)18-21/h7,11-15,22H,1,8-10H2,2-6H3,(H,18,20)(H,19,21);7,11-14,21H,2,6,8-10H2,1,3-5H3,(H,17,19)(H,18,20)/t13-,14+,15-;12-,13+,14-/m11/s1. The van der Waals surface area contributed by atoms with Crippen molar-refractivity contribution in [1.29, 1.82) is 0 Å². The number of hydrogen-bond donors (Lipinski definition) is 6. The minimum Gasteiger partial charge on any atom is -0.353 e. The highest BCUT2D eigenvalue weighted by Gasteiger charge is 2.35. The first-order valence-corrected chi connectivity index (χ1v) is 15.8. The van der Waals surface area contributed by atoms with Gasteiger partial charge in [0.05, 0.1) is 23.7 Å². The van der Waals surface area contributed by atoms with Crippen LogP contribution in [0.1, 0.15) is 107 Å². The van der Waals surface area contributed by atoms with Crippen LogP contribution >= 0.6 is 0 Å². The summed E-state index contributed by atoms with van der Waals surface area (Å²) >= 11 is 0. The molecule has 0 rings (SSSR count). The van der Waals surface area contributed by atoms with Crippen molar-refractivity contribution in [2.24, 2.45) is 41.4 Å². The molecule has 10 heteroatoms. The summed E-state index contributed by atoms with van der Waals surface area (Å²) in [7, 11) is 0. The lowest BCUT2D eigenvalue weighted by Gasteiger charge is -2.27. The van der Waals surface area contributed by atoms with Gasteiger partial charge in [0.15, 0.2) is 0 Å². The first-order valence-electron chi connectivity index (χ1n) is 15.8. The highest BCUT2D eigenvalue weighted by molar-refractivity contribution is 5.88. The number of rotatable bonds is 20. The van der Waals surface area contributed by atoms with Gasteiger partial charge in [0.25, 0.3) is 0 Å². The topological polar surface area (TPSA) is 157 Å². The highest BCUT2D eigenvalue weighted by atomic mass is 16.5. The first-order chi connectivity index (χ1) is 20.1. The summed E-state index contributed by atoms with van der Waals surface area (Å²) in [5, 5.41) is 23.8. The predicted octanol–water partition coefficient (Wildman–Crippen LogP) is 5.55. The van der Waals surface area contributed by atoms with Gasteiger partial charge in [0, 0.05) is 12.1 Å². The molecule has 0 heterocycles. The van der Waals surface area contributed by atoms with E-state index in [4.69, 9.17) is 10.4 Å². The van der Waals surface area contributed by atoms with Crippen LogP contribution in [0.15, 0.2) is 25.3 Å². The van der Waals surface area contributed by atoms with Crippen molar-refractivity contribution in [3.8, 4) is 0 Å². The van der Waals surface area contributed by atoms with Crippen LogP contribution in [0.4, 0.5) is 0 Å². The maximum atomic E-state index is 12.6. The van der Waals surface area contributed by atoms with E-state index in [0.29, 0.717) is 31.6 Å². The number of hydrogen-bond acceptors (Lipinski definition) is 6. The summed E-state index contributed by atoms with van der Waals surface area (Å²) in [5.74, 6) is -2.40. The van der Waals surface area contributed by atoms with Crippen molar-refractivity contribution in [2.45, 2.75) is 119 Å². The summed E-state index contributed by atoms with van der Waals surface area (Å²) in [6, 6.07) is 0.141. The Bertz CT molecular complexity index is 845. The zero-order valence-corrected chi connectivity index (χ0v) is 28.2. The third kappa shape index (κ3) is 18.5. The van der Waals surface area contributed by atoms with Gasteiger partial charge in [-0.05, 0) is 70.1 Å². The Morgan fingerprint density at radius 2 is 0.930 bits per heavy atom. The third-order valence-corrected chi connectivity index (χ3v) is 7.15. The summed E-state index contributed by atoms with van der Waals surface area (Å²) in [5.41, 5.74) is 3.35. The number of carbonyl (C=O) groups is 4. The van der Waals surface area contributed by atoms with Crippen LogP contribution in [0.5, 0.6) is 0 Å². The SMILES string of the molecule is C=CC[C@H](C(=O)NO)[C@@H](CC(C)C)C(=O)N[C@H](C)CC(C)C.C=CC[C@H](C(=O)NO)[C@@H](CC(C)C)C(=O)N[C@H](C)CCC. The Morgan fingerprint density at radius 1 is 0.581 bits per heavy atom. The molecule has 6 N–H and O–H groups in total. The fraction of sp³-hybridized carbons (Fsp3) is 0.758. The molecule has 0 aromatic heterocycles. The van der Waals surface area contributed by atoms with Crippen molar-refractivity contribution < 1.29 is 29.6 Å². The molecule has 0 spiro atoms. The Kier molecular flexibility index (Phi) is 23.4. The largest absolute Gasteiger partial charge is 0.353 e. The van der Waals surface area contributed by atoms with Gasteiger partial charge in [-0.2, -0.15) is 0 Å². The number of hydroxylamine groups is 2. The Morgan fingerprint density at radius 3 is 1.21 bits per heavy atom. The Hall–Kier alpha value is -2.72. The molecule has 43 heavy (non-hydrogen) atoms. The summed E-state index contributed by atoms with van der Waals surface area (Å²) in [6.45, 7) is 25.5. The molecule has 0 aromatic carbocycles. The molecule has 0 aliphatic heterocycles. The molecule has 0 bridgehead atoms. The van der Waals surface area contributed by atoms with E-state index in [1.165, 1.54) is 0 Å². The van der Waals surface area contributed by atoms with Crippen LogP contribution in [-0.2, 0) is 19.2 Å². The molecular formula is C33H62N4O6. The molecule has 10 nitrogen and oxygen atoms in total. The average Bonchev–Trinajstić information content (AvgIpc) is 2.91. The molecule has 0 radical (unpaired) electrons. The van der Waals surface area contributed by atoms with E-state index in [-0.39, 0.29) is 35.7 Å². The number of allylic oxidation sites excluding steroid dienone is 2. The molecule has 0 fully saturated rings. The molecular weight excluding hydrogens is 548 g/mol. The van der Waals surface area contributed by atoms with Gasteiger partial charge in [0.2, 0.25) is 23.6 Å². The van der Waals surface area contributed by atoms with Gasteiger partial charge in [-0.25, -0.2) is 11.0 Å². The van der Waals surface area contributed by atoms with Gasteiger partial charge < -0.3 is 10.6 Å².